The van der Waals surface area contributed by atoms with Gasteiger partial charge in [0.05, 0.1) is 16.2 Å². The maximum absolute atomic E-state index is 6.43. The molecule has 0 aliphatic carbocycles. The number of aromatic nitrogens is 2. The lowest BCUT2D eigenvalue weighted by molar-refractivity contribution is 0.166. The molecule has 0 aliphatic rings. The number of nitrogen functional groups attached to an aromatic ring is 1. The molecule has 0 saturated carbocycles. The number of nitrogens with zero attached hydrogens (tertiary/aromatic N) is 3. The van der Waals surface area contributed by atoms with Gasteiger partial charge in [-0.05, 0) is 57.5 Å². The maximum Gasteiger partial charge on any atom is 0.141 e. The predicted octanol–water partition coefficient (Wildman–Crippen LogP) is 5.23. The molecule has 0 aliphatic heterocycles. The third-order valence-electron chi connectivity index (χ3n) is 4.70. The first kappa shape index (κ1) is 19.4. The van der Waals surface area contributed by atoms with Gasteiger partial charge >= 0.3 is 0 Å². The Bertz CT molecular complexity index is 926. The van der Waals surface area contributed by atoms with Gasteiger partial charge in [-0.1, -0.05) is 23.7 Å². The molecule has 0 amide bonds. The SMILES string of the molecule is CC(C)N(Cc1cc(Nc2ncnc3ccccc23)cc(Cl)c1N)C(C)C. The van der Waals surface area contributed by atoms with Crippen LogP contribution in [0.1, 0.15) is 33.3 Å². The van der Waals surface area contributed by atoms with Crippen molar-refractivity contribution in [1.82, 2.24) is 14.9 Å². The summed E-state index contributed by atoms with van der Waals surface area (Å²) in [7, 11) is 0. The highest BCUT2D eigenvalue weighted by Crippen LogP contribution is 2.32. The van der Waals surface area contributed by atoms with Gasteiger partial charge in [-0.15, -0.1) is 0 Å². The third kappa shape index (κ3) is 4.31. The minimum atomic E-state index is 0.408. The van der Waals surface area contributed by atoms with Crippen molar-refractivity contribution in [3.63, 3.8) is 0 Å². The van der Waals surface area contributed by atoms with Crippen LogP contribution < -0.4 is 11.1 Å². The highest BCUT2D eigenvalue weighted by Gasteiger charge is 2.17. The van der Waals surface area contributed by atoms with Crippen LogP contribution in [0.15, 0.2) is 42.7 Å². The lowest BCUT2D eigenvalue weighted by Crippen LogP contribution is -2.36. The Morgan fingerprint density at radius 2 is 1.78 bits per heavy atom. The molecule has 0 bridgehead atoms. The van der Waals surface area contributed by atoms with Crippen molar-refractivity contribution in [2.24, 2.45) is 0 Å². The number of rotatable bonds is 6. The van der Waals surface area contributed by atoms with Gasteiger partial charge in [-0.25, -0.2) is 9.97 Å². The van der Waals surface area contributed by atoms with Gasteiger partial charge in [-0.3, -0.25) is 4.90 Å². The molecule has 0 fully saturated rings. The number of nitrogens with two attached hydrogens (primary N) is 1. The van der Waals surface area contributed by atoms with E-state index in [0.717, 1.165) is 34.5 Å². The molecule has 3 rings (SSSR count). The number of fused-ring (bicyclic) bond motifs is 1. The van der Waals surface area contributed by atoms with Gasteiger partial charge < -0.3 is 11.1 Å². The Kier molecular flexibility index (Phi) is 5.82. The van der Waals surface area contributed by atoms with Crippen molar-refractivity contribution >= 4 is 39.7 Å². The molecule has 0 radical (unpaired) electrons. The molecule has 3 aromatic rings. The largest absolute Gasteiger partial charge is 0.397 e. The predicted molar refractivity (Wildman–Crippen MR) is 115 cm³/mol. The Morgan fingerprint density at radius 1 is 1.07 bits per heavy atom. The van der Waals surface area contributed by atoms with Crippen molar-refractivity contribution in [2.75, 3.05) is 11.1 Å². The van der Waals surface area contributed by atoms with E-state index in [0.29, 0.717) is 22.8 Å². The van der Waals surface area contributed by atoms with Gasteiger partial charge in [0.25, 0.3) is 0 Å². The van der Waals surface area contributed by atoms with E-state index in [1.165, 1.54) is 0 Å². The van der Waals surface area contributed by atoms with Crippen molar-refractivity contribution in [3.8, 4) is 0 Å². The molecule has 0 unspecified atom stereocenters. The van der Waals surface area contributed by atoms with E-state index < -0.39 is 0 Å². The Hall–Kier alpha value is -2.37. The van der Waals surface area contributed by atoms with Crippen molar-refractivity contribution in [1.29, 1.82) is 0 Å². The van der Waals surface area contributed by atoms with Crippen LogP contribution in [0.4, 0.5) is 17.2 Å². The number of halogens is 1. The van der Waals surface area contributed by atoms with Crippen molar-refractivity contribution in [2.45, 2.75) is 46.3 Å². The quantitative estimate of drug-likeness (QED) is 0.570. The Balaban J connectivity index is 1.96. The van der Waals surface area contributed by atoms with Crippen LogP contribution in [-0.4, -0.2) is 27.0 Å². The molecular formula is C21H26ClN5. The molecule has 1 aromatic heterocycles. The Labute approximate surface area is 165 Å². The number of hydrogen-bond acceptors (Lipinski definition) is 5. The van der Waals surface area contributed by atoms with Gasteiger partial charge in [-0.2, -0.15) is 0 Å². The summed E-state index contributed by atoms with van der Waals surface area (Å²) in [6, 6.07) is 12.6. The second kappa shape index (κ2) is 8.11. The average Bonchev–Trinajstić information content (AvgIpc) is 2.63. The molecule has 0 saturated heterocycles. The lowest BCUT2D eigenvalue weighted by atomic mass is 10.1. The van der Waals surface area contributed by atoms with E-state index >= 15 is 0 Å². The van der Waals surface area contributed by atoms with Crippen LogP contribution in [0.5, 0.6) is 0 Å². The Morgan fingerprint density at radius 3 is 2.48 bits per heavy atom. The second-order valence-electron chi connectivity index (χ2n) is 7.26. The molecular weight excluding hydrogens is 358 g/mol. The molecule has 6 heteroatoms. The number of para-hydroxylation sites is 1. The summed E-state index contributed by atoms with van der Waals surface area (Å²) in [5.74, 6) is 0.747. The molecule has 142 valence electrons. The summed E-state index contributed by atoms with van der Waals surface area (Å²) in [6.45, 7) is 9.49. The summed E-state index contributed by atoms with van der Waals surface area (Å²) < 4.78 is 0. The van der Waals surface area contributed by atoms with Crippen LogP contribution >= 0.6 is 11.6 Å². The molecule has 5 nitrogen and oxygen atoms in total. The van der Waals surface area contributed by atoms with E-state index in [2.05, 4.69) is 53.9 Å². The first-order valence-electron chi connectivity index (χ1n) is 9.17. The highest BCUT2D eigenvalue weighted by atomic mass is 35.5. The maximum atomic E-state index is 6.43. The fraction of sp³-hybridized carbons (Fsp3) is 0.333. The van der Waals surface area contributed by atoms with Gasteiger partial charge in [0.15, 0.2) is 0 Å². The highest BCUT2D eigenvalue weighted by molar-refractivity contribution is 6.33. The number of anilines is 3. The monoisotopic (exact) mass is 383 g/mol. The van der Waals surface area contributed by atoms with Crippen molar-refractivity contribution < 1.29 is 0 Å². The minimum absolute atomic E-state index is 0.408. The van der Waals surface area contributed by atoms with Crippen LogP contribution in [0, 0.1) is 0 Å². The molecule has 1 heterocycles. The number of benzene rings is 2. The summed E-state index contributed by atoms with van der Waals surface area (Å²) in [4.78, 5) is 11.1. The van der Waals surface area contributed by atoms with Crippen LogP contribution in [-0.2, 0) is 6.54 Å². The molecule has 0 spiro atoms. The topological polar surface area (TPSA) is 67.1 Å². The second-order valence-corrected chi connectivity index (χ2v) is 7.66. The normalized spacial score (nSPS) is 11.7. The zero-order chi connectivity index (χ0) is 19.6. The molecule has 2 aromatic carbocycles. The van der Waals surface area contributed by atoms with E-state index in [-0.39, 0.29) is 0 Å². The van der Waals surface area contributed by atoms with E-state index in [4.69, 9.17) is 17.3 Å². The van der Waals surface area contributed by atoms with E-state index in [9.17, 15) is 0 Å². The van der Waals surface area contributed by atoms with Gasteiger partial charge in [0, 0.05) is 29.7 Å². The standard InChI is InChI=1S/C21H26ClN5/c1-13(2)27(14(3)4)11-15-9-16(10-18(22)20(15)23)26-21-17-7-5-6-8-19(17)24-12-25-21/h5-10,12-14H,11,23H2,1-4H3,(H,24,25,26). The fourth-order valence-corrected chi connectivity index (χ4v) is 3.52. The molecule has 0 atom stereocenters. The third-order valence-corrected chi connectivity index (χ3v) is 5.01. The number of nitrogens with one attached hydrogen (secondary N) is 1. The number of hydrogen-bond donors (Lipinski definition) is 2. The summed E-state index contributed by atoms with van der Waals surface area (Å²) in [5.41, 5.74) is 9.66. The molecule has 27 heavy (non-hydrogen) atoms. The summed E-state index contributed by atoms with van der Waals surface area (Å²) in [5, 5.41) is 4.88. The summed E-state index contributed by atoms with van der Waals surface area (Å²) >= 11 is 6.43. The van der Waals surface area contributed by atoms with Crippen LogP contribution in [0.25, 0.3) is 10.9 Å². The zero-order valence-corrected chi connectivity index (χ0v) is 17.0. The van der Waals surface area contributed by atoms with Gasteiger partial charge in [0.1, 0.15) is 12.1 Å². The zero-order valence-electron chi connectivity index (χ0n) is 16.2. The lowest BCUT2D eigenvalue weighted by Gasteiger charge is -2.31. The molecule has 3 N–H and O–H groups in total. The first-order chi connectivity index (χ1) is 12.9. The summed E-state index contributed by atoms with van der Waals surface area (Å²) in [6.07, 6.45) is 1.56. The first-order valence-corrected chi connectivity index (χ1v) is 9.55. The fourth-order valence-electron chi connectivity index (χ4n) is 3.28. The average molecular weight is 384 g/mol. The smallest absolute Gasteiger partial charge is 0.141 e. The van der Waals surface area contributed by atoms with Gasteiger partial charge in [0.2, 0.25) is 0 Å². The van der Waals surface area contributed by atoms with E-state index in [1.54, 1.807) is 6.33 Å². The van der Waals surface area contributed by atoms with Crippen LogP contribution in [0.2, 0.25) is 5.02 Å². The van der Waals surface area contributed by atoms with E-state index in [1.807, 2.05) is 30.3 Å². The van der Waals surface area contributed by atoms with Crippen LogP contribution in [0.3, 0.4) is 0 Å². The minimum Gasteiger partial charge on any atom is -0.397 e. The van der Waals surface area contributed by atoms with Crippen molar-refractivity contribution in [3.05, 3.63) is 53.3 Å².